The van der Waals surface area contributed by atoms with Crippen LogP contribution in [0.5, 0.6) is 5.75 Å². The third-order valence-corrected chi connectivity index (χ3v) is 5.20. The maximum atomic E-state index is 10.7. The summed E-state index contributed by atoms with van der Waals surface area (Å²) in [5.74, 6) is 1.72. The van der Waals surface area contributed by atoms with Gasteiger partial charge in [0.2, 0.25) is 0 Å². The van der Waals surface area contributed by atoms with E-state index in [9.17, 15) is 5.11 Å². The molecule has 1 unspecified atom stereocenters. The third-order valence-electron chi connectivity index (χ3n) is 5.20. The van der Waals surface area contributed by atoms with Gasteiger partial charge in [-0.05, 0) is 49.2 Å². The van der Waals surface area contributed by atoms with Crippen molar-refractivity contribution in [3.8, 4) is 5.75 Å². The van der Waals surface area contributed by atoms with Gasteiger partial charge in [0.1, 0.15) is 24.3 Å². The van der Waals surface area contributed by atoms with E-state index in [2.05, 4.69) is 35.8 Å². The molecule has 4 heteroatoms. The lowest BCUT2D eigenvalue weighted by molar-refractivity contribution is 0.0928. The average molecular weight is 386 g/mol. The minimum atomic E-state index is -0.635. The summed E-state index contributed by atoms with van der Waals surface area (Å²) >= 11 is 0. The van der Waals surface area contributed by atoms with Gasteiger partial charge in [-0.1, -0.05) is 54.1 Å². The Balaban J connectivity index is 1.55. The summed E-state index contributed by atoms with van der Waals surface area (Å²) < 4.78 is 7.89. The van der Waals surface area contributed by atoms with Crippen LogP contribution in [0.1, 0.15) is 22.5 Å². The minimum absolute atomic E-state index is 0.235. The summed E-state index contributed by atoms with van der Waals surface area (Å²) in [5.41, 5.74) is 5.65. The highest BCUT2D eigenvalue weighted by atomic mass is 16.5. The second-order valence-corrected chi connectivity index (χ2v) is 7.51. The van der Waals surface area contributed by atoms with Crippen LogP contribution in [-0.2, 0) is 13.0 Å². The summed E-state index contributed by atoms with van der Waals surface area (Å²) in [6.07, 6.45) is 0.0944. The topological polar surface area (TPSA) is 47.3 Å². The number of fused-ring (bicyclic) bond motifs is 1. The molecule has 1 N–H and O–H groups in total. The van der Waals surface area contributed by atoms with Gasteiger partial charge in [-0.2, -0.15) is 0 Å². The summed E-state index contributed by atoms with van der Waals surface area (Å²) in [4.78, 5) is 4.84. The lowest BCUT2D eigenvalue weighted by atomic mass is 10.1. The molecule has 0 radical (unpaired) electrons. The van der Waals surface area contributed by atoms with Crippen molar-refractivity contribution in [3.63, 3.8) is 0 Å². The predicted molar refractivity (Wildman–Crippen MR) is 116 cm³/mol. The number of hydrogen-bond acceptors (Lipinski definition) is 3. The van der Waals surface area contributed by atoms with Crippen LogP contribution in [0, 0.1) is 13.8 Å². The second kappa shape index (κ2) is 8.50. The molecule has 4 aromatic rings. The van der Waals surface area contributed by atoms with E-state index in [1.54, 1.807) is 0 Å². The molecule has 0 spiro atoms. The van der Waals surface area contributed by atoms with Gasteiger partial charge in [-0.3, -0.25) is 0 Å². The van der Waals surface area contributed by atoms with E-state index in [-0.39, 0.29) is 6.61 Å². The first-order chi connectivity index (χ1) is 14.1. The first-order valence-corrected chi connectivity index (χ1v) is 9.96. The molecule has 0 saturated heterocycles. The van der Waals surface area contributed by atoms with Gasteiger partial charge in [0.15, 0.2) is 0 Å². The second-order valence-electron chi connectivity index (χ2n) is 7.51. The fourth-order valence-corrected chi connectivity index (χ4v) is 3.53. The monoisotopic (exact) mass is 386 g/mol. The Morgan fingerprint density at radius 1 is 0.931 bits per heavy atom. The van der Waals surface area contributed by atoms with Crippen LogP contribution in [-0.4, -0.2) is 27.4 Å². The number of para-hydroxylation sites is 2. The molecule has 1 aromatic heterocycles. The Morgan fingerprint density at radius 2 is 1.66 bits per heavy atom. The molecular weight excluding hydrogens is 360 g/mol. The lowest BCUT2D eigenvalue weighted by Crippen LogP contribution is -2.24. The minimum Gasteiger partial charge on any atom is -0.491 e. The number of imidazole rings is 1. The van der Waals surface area contributed by atoms with Crippen LogP contribution in [0.25, 0.3) is 11.0 Å². The van der Waals surface area contributed by atoms with E-state index in [1.807, 2.05) is 55.5 Å². The number of aliphatic hydroxyl groups excluding tert-OH is 1. The first kappa shape index (κ1) is 19.2. The molecule has 0 saturated carbocycles. The van der Waals surface area contributed by atoms with Crippen molar-refractivity contribution in [3.05, 3.63) is 95.3 Å². The van der Waals surface area contributed by atoms with Gasteiger partial charge in [0, 0.05) is 6.42 Å². The van der Waals surface area contributed by atoms with E-state index in [0.717, 1.165) is 29.0 Å². The standard InChI is InChI=1S/C25H26N2O2/c1-18-11-13-22(14-12-18)29-17-21(28)16-27-24-10-6-5-9-23(24)26-25(27)15-20-8-4-3-7-19(20)2/h3-14,21,28H,15-17H2,1-2H3. The zero-order chi connectivity index (χ0) is 20.2. The molecule has 0 aliphatic carbocycles. The van der Waals surface area contributed by atoms with Crippen molar-refractivity contribution >= 4 is 11.0 Å². The van der Waals surface area contributed by atoms with Crippen molar-refractivity contribution in [2.75, 3.05) is 6.61 Å². The van der Waals surface area contributed by atoms with Gasteiger partial charge >= 0.3 is 0 Å². The predicted octanol–water partition coefficient (Wildman–Crippen LogP) is 4.68. The van der Waals surface area contributed by atoms with Crippen LogP contribution < -0.4 is 4.74 Å². The largest absolute Gasteiger partial charge is 0.491 e. The van der Waals surface area contributed by atoms with Gasteiger partial charge in [0.05, 0.1) is 17.6 Å². The highest BCUT2D eigenvalue weighted by Crippen LogP contribution is 2.21. The van der Waals surface area contributed by atoms with Crippen LogP contribution >= 0.6 is 0 Å². The van der Waals surface area contributed by atoms with E-state index in [0.29, 0.717) is 6.54 Å². The van der Waals surface area contributed by atoms with Crippen molar-refractivity contribution in [1.82, 2.24) is 9.55 Å². The Kier molecular flexibility index (Phi) is 5.63. The van der Waals surface area contributed by atoms with Crippen LogP contribution in [0.3, 0.4) is 0 Å². The number of hydrogen-bond donors (Lipinski definition) is 1. The SMILES string of the molecule is Cc1ccc(OCC(O)Cn2c(Cc3ccccc3C)nc3ccccc32)cc1. The van der Waals surface area contributed by atoms with E-state index in [1.165, 1.54) is 16.7 Å². The van der Waals surface area contributed by atoms with Gasteiger partial charge in [0.25, 0.3) is 0 Å². The number of benzene rings is 3. The average Bonchev–Trinajstić information content (AvgIpc) is 3.06. The maximum Gasteiger partial charge on any atom is 0.119 e. The van der Waals surface area contributed by atoms with Gasteiger partial charge < -0.3 is 14.4 Å². The molecule has 0 amide bonds. The smallest absolute Gasteiger partial charge is 0.119 e. The Bertz CT molecular complexity index is 1100. The summed E-state index contributed by atoms with van der Waals surface area (Å²) in [5, 5.41) is 10.7. The number of aryl methyl sites for hydroxylation is 2. The fraction of sp³-hybridized carbons (Fsp3) is 0.240. The normalized spacial score (nSPS) is 12.2. The quantitative estimate of drug-likeness (QED) is 0.501. The number of aliphatic hydroxyl groups is 1. The van der Waals surface area contributed by atoms with Crippen LogP contribution in [0.4, 0.5) is 0 Å². The molecule has 0 bridgehead atoms. The maximum absolute atomic E-state index is 10.7. The summed E-state index contributed by atoms with van der Waals surface area (Å²) in [6, 6.07) is 24.3. The molecule has 4 nitrogen and oxygen atoms in total. The van der Waals surface area contributed by atoms with E-state index < -0.39 is 6.10 Å². The zero-order valence-electron chi connectivity index (χ0n) is 16.9. The molecule has 148 valence electrons. The van der Waals surface area contributed by atoms with Crippen molar-refractivity contribution in [2.24, 2.45) is 0 Å². The van der Waals surface area contributed by atoms with Crippen molar-refractivity contribution < 1.29 is 9.84 Å². The molecule has 29 heavy (non-hydrogen) atoms. The molecule has 1 heterocycles. The molecule has 0 aliphatic rings. The molecule has 1 atom stereocenters. The molecule has 0 fully saturated rings. The highest BCUT2D eigenvalue weighted by molar-refractivity contribution is 5.76. The Hall–Kier alpha value is -3.11. The summed E-state index contributed by atoms with van der Waals surface area (Å²) in [7, 11) is 0. The number of rotatable bonds is 7. The van der Waals surface area contributed by atoms with Crippen LogP contribution in [0.15, 0.2) is 72.8 Å². The molecule has 0 aliphatic heterocycles. The summed E-state index contributed by atoms with van der Waals surface area (Å²) in [6.45, 7) is 4.83. The molecule has 3 aromatic carbocycles. The van der Waals surface area contributed by atoms with Crippen molar-refractivity contribution in [1.29, 1.82) is 0 Å². The third kappa shape index (κ3) is 4.49. The van der Waals surface area contributed by atoms with E-state index in [4.69, 9.17) is 9.72 Å². The Morgan fingerprint density at radius 3 is 2.45 bits per heavy atom. The Labute approximate surface area is 171 Å². The number of nitrogens with zero attached hydrogens (tertiary/aromatic N) is 2. The molecule has 4 rings (SSSR count). The molecular formula is C25H26N2O2. The van der Waals surface area contributed by atoms with Gasteiger partial charge in [-0.25, -0.2) is 4.98 Å². The first-order valence-electron chi connectivity index (χ1n) is 9.96. The van der Waals surface area contributed by atoms with Crippen molar-refractivity contribution in [2.45, 2.75) is 32.9 Å². The number of ether oxygens (including phenoxy) is 1. The highest BCUT2D eigenvalue weighted by Gasteiger charge is 2.15. The van der Waals surface area contributed by atoms with E-state index >= 15 is 0 Å². The fourth-order valence-electron chi connectivity index (χ4n) is 3.53. The van der Waals surface area contributed by atoms with Gasteiger partial charge in [-0.15, -0.1) is 0 Å². The van der Waals surface area contributed by atoms with Crippen LogP contribution in [0.2, 0.25) is 0 Å². The lowest BCUT2D eigenvalue weighted by Gasteiger charge is -2.16. The number of aromatic nitrogens is 2. The zero-order valence-corrected chi connectivity index (χ0v) is 16.9.